The molecule has 1 aliphatic carbocycles. The molecule has 0 spiro atoms. The molecule has 1 aliphatic rings. The maximum atomic E-state index is 12.9. The van der Waals surface area contributed by atoms with E-state index in [2.05, 4.69) is 15.3 Å². The number of carbonyl (C=O) groups is 1. The first-order valence-electron chi connectivity index (χ1n) is 9.98. The molecule has 152 valence electrons. The monoisotopic (exact) mass is 421 g/mol. The number of nitrogens with zero attached hydrogens (tertiary/aromatic N) is 4. The number of carbonyl (C=O) groups excluding carboxylic acids is 1. The number of para-hydroxylation sites is 1. The summed E-state index contributed by atoms with van der Waals surface area (Å²) >= 11 is 5.99. The number of amides is 1. The summed E-state index contributed by atoms with van der Waals surface area (Å²) < 4.78 is 3.61. The molecule has 0 bridgehead atoms. The Morgan fingerprint density at radius 3 is 2.80 bits per heavy atom. The largest absolute Gasteiger partial charge is 0.350 e. The zero-order chi connectivity index (χ0) is 20.7. The van der Waals surface area contributed by atoms with Crippen molar-refractivity contribution in [3.8, 4) is 0 Å². The number of pyridine rings is 1. The number of hydrogen-bond donors (Lipinski definition) is 1. The van der Waals surface area contributed by atoms with Crippen molar-refractivity contribution in [3.05, 3.63) is 75.7 Å². The minimum atomic E-state index is -0.102. The molecule has 0 unspecified atom stereocenters. The van der Waals surface area contributed by atoms with Crippen LogP contribution in [0.5, 0.6) is 0 Å². The van der Waals surface area contributed by atoms with Crippen molar-refractivity contribution in [3.63, 3.8) is 0 Å². The maximum Gasteiger partial charge on any atom is 0.261 e. The smallest absolute Gasteiger partial charge is 0.261 e. The summed E-state index contributed by atoms with van der Waals surface area (Å²) in [6.07, 6.45) is 6.27. The van der Waals surface area contributed by atoms with E-state index in [1.54, 1.807) is 16.8 Å². The first kappa shape index (κ1) is 18.8. The van der Waals surface area contributed by atoms with Crippen molar-refractivity contribution in [1.29, 1.82) is 0 Å². The number of imidazole rings is 1. The average Bonchev–Trinajstić information content (AvgIpc) is 3.49. The van der Waals surface area contributed by atoms with E-state index < -0.39 is 0 Å². The van der Waals surface area contributed by atoms with Crippen LogP contribution in [0.4, 0.5) is 0 Å². The third-order valence-electron chi connectivity index (χ3n) is 5.30. The summed E-state index contributed by atoms with van der Waals surface area (Å²) in [4.78, 5) is 34.5. The highest BCUT2D eigenvalue weighted by atomic mass is 35.5. The van der Waals surface area contributed by atoms with E-state index in [9.17, 15) is 9.59 Å². The number of aryl methyl sites for hydroxylation is 1. The van der Waals surface area contributed by atoms with Gasteiger partial charge in [0.25, 0.3) is 5.56 Å². The van der Waals surface area contributed by atoms with Crippen molar-refractivity contribution in [1.82, 2.24) is 24.3 Å². The fraction of sp³-hybridized carbons (Fsp3) is 0.273. The van der Waals surface area contributed by atoms with Crippen LogP contribution in [0, 0.1) is 0 Å². The minimum Gasteiger partial charge on any atom is -0.350 e. The Morgan fingerprint density at radius 2 is 1.97 bits per heavy atom. The van der Waals surface area contributed by atoms with Gasteiger partial charge in [0.05, 0.1) is 28.2 Å². The molecule has 3 aromatic heterocycles. The molecule has 30 heavy (non-hydrogen) atoms. The van der Waals surface area contributed by atoms with Gasteiger partial charge in [-0.15, -0.1) is 0 Å². The lowest BCUT2D eigenvalue weighted by Crippen LogP contribution is -2.27. The minimum absolute atomic E-state index is 0.0122. The Balaban J connectivity index is 1.28. The Bertz CT molecular complexity index is 1320. The van der Waals surface area contributed by atoms with Gasteiger partial charge in [0.1, 0.15) is 11.5 Å². The van der Waals surface area contributed by atoms with Gasteiger partial charge >= 0.3 is 0 Å². The Hall–Kier alpha value is -3.19. The van der Waals surface area contributed by atoms with Crippen LogP contribution in [0.15, 0.2) is 53.6 Å². The van der Waals surface area contributed by atoms with Crippen LogP contribution in [0.1, 0.15) is 36.8 Å². The predicted octanol–water partition coefficient (Wildman–Crippen LogP) is 3.28. The van der Waals surface area contributed by atoms with E-state index in [0.717, 1.165) is 24.2 Å². The molecule has 5 rings (SSSR count). The number of nitrogens with one attached hydrogen (secondary N) is 1. The highest BCUT2D eigenvalue weighted by molar-refractivity contribution is 6.30. The lowest BCUT2D eigenvalue weighted by molar-refractivity contribution is -0.121. The first-order valence-corrected chi connectivity index (χ1v) is 10.4. The fourth-order valence-electron chi connectivity index (χ4n) is 3.68. The molecule has 0 aliphatic heterocycles. The highest BCUT2D eigenvalue weighted by Crippen LogP contribution is 2.34. The van der Waals surface area contributed by atoms with Gasteiger partial charge < -0.3 is 9.72 Å². The summed E-state index contributed by atoms with van der Waals surface area (Å²) in [6, 6.07) is 11.2. The van der Waals surface area contributed by atoms with Gasteiger partial charge in [-0.25, -0.2) is 9.97 Å². The lowest BCUT2D eigenvalue weighted by atomic mass is 10.2. The molecule has 1 saturated carbocycles. The third kappa shape index (κ3) is 3.68. The first-order chi connectivity index (χ1) is 14.6. The van der Waals surface area contributed by atoms with E-state index in [1.165, 1.54) is 0 Å². The van der Waals surface area contributed by atoms with Gasteiger partial charge in [-0.05, 0) is 37.1 Å². The van der Waals surface area contributed by atoms with Gasteiger partial charge in [0.2, 0.25) is 5.91 Å². The summed E-state index contributed by atoms with van der Waals surface area (Å²) in [7, 11) is 0. The Kier molecular flexibility index (Phi) is 4.75. The molecule has 0 radical (unpaired) electrons. The molecule has 3 heterocycles. The molecule has 7 nitrogen and oxygen atoms in total. The highest BCUT2D eigenvalue weighted by Gasteiger charge is 2.28. The van der Waals surface area contributed by atoms with Crippen molar-refractivity contribution in [2.24, 2.45) is 0 Å². The van der Waals surface area contributed by atoms with Crippen LogP contribution in [-0.2, 0) is 17.8 Å². The van der Waals surface area contributed by atoms with Crippen molar-refractivity contribution >= 4 is 34.1 Å². The number of rotatable bonds is 6. The van der Waals surface area contributed by atoms with Gasteiger partial charge in [-0.2, -0.15) is 0 Å². The quantitative estimate of drug-likeness (QED) is 0.518. The molecule has 1 amide bonds. The topological polar surface area (TPSA) is 81.3 Å². The second kappa shape index (κ2) is 7.57. The molecule has 4 aromatic rings. The third-order valence-corrected chi connectivity index (χ3v) is 5.52. The summed E-state index contributed by atoms with van der Waals surface area (Å²) in [5.74, 6) is 0.577. The molecule has 0 atom stereocenters. The van der Waals surface area contributed by atoms with E-state index >= 15 is 0 Å². The van der Waals surface area contributed by atoms with Crippen LogP contribution < -0.4 is 10.9 Å². The van der Waals surface area contributed by atoms with Crippen LogP contribution in [-0.4, -0.2) is 24.8 Å². The van der Waals surface area contributed by atoms with Gasteiger partial charge in [0.15, 0.2) is 0 Å². The predicted molar refractivity (Wildman–Crippen MR) is 115 cm³/mol. The molecular weight excluding hydrogens is 402 g/mol. The van der Waals surface area contributed by atoms with Gasteiger partial charge in [0, 0.05) is 31.3 Å². The average molecular weight is 422 g/mol. The lowest BCUT2D eigenvalue weighted by Gasteiger charge is -2.12. The zero-order valence-electron chi connectivity index (χ0n) is 16.2. The van der Waals surface area contributed by atoms with E-state index in [4.69, 9.17) is 11.6 Å². The van der Waals surface area contributed by atoms with Crippen LogP contribution >= 0.6 is 11.6 Å². The van der Waals surface area contributed by atoms with E-state index in [0.29, 0.717) is 34.7 Å². The number of fused-ring (bicyclic) bond motifs is 2. The summed E-state index contributed by atoms with van der Waals surface area (Å²) in [5, 5.41) is 4.15. The number of hydrogen-bond acceptors (Lipinski definition) is 4. The van der Waals surface area contributed by atoms with Crippen molar-refractivity contribution < 1.29 is 4.79 Å². The maximum absolute atomic E-state index is 12.9. The second-order valence-electron chi connectivity index (χ2n) is 7.57. The van der Waals surface area contributed by atoms with Crippen molar-refractivity contribution in [2.45, 2.75) is 38.3 Å². The summed E-state index contributed by atoms with van der Waals surface area (Å²) in [5.41, 5.74) is 2.20. The summed E-state index contributed by atoms with van der Waals surface area (Å²) in [6.45, 7) is 0.332. The number of halogens is 1. The van der Waals surface area contributed by atoms with Crippen LogP contribution in [0.3, 0.4) is 0 Å². The standard InChI is InChI=1S/C22H20ClN5O2/c23-14-5-8-19-25-15(13-27(19)12-14)11-24-21(29)10-9-20-26-18-4-2-1-3-17(18)22(30)28(20)16-6-7-16/h1-5,8,12-13,16H,6-7,9-11H2,(H,24,29). The van der Waals surface area contributed by atoms with Crippen LogP contribution in [0.2, 0.25) is 5.02 Å². The van der Waals surface area contributed by atoms with Crippen LogP contribution in [0.25, 0.3) is 16.6 Å². The molecule has 1 N–H and O–H groups in total. The Labute approximate surface area is 177 Å². The molecule has 8 heteroatoms. The van der Waals surface area contributed by atoms with Crippen molar-refractivity contribution in [2.75, 3.05) is 0 Å². The SMILES string of the molecule is O=C(CCc1nc2ccccc2c(=O)n1C1CC1)NCc1cn2cc(Cl)ccc2n1. The molecular formula is C22H20ClN5O2. The number of benzene rings is 1. The van der Waals surface area contributed by atoms with E-state index in [-0.39, 0.29) is 23.9 Å². The molecule has 1 aromatic carbocycles. The second-order valence-corrected chi connectivity index (χ2v) is 8.01. The van der Waals surface area contributed by atoms with E-state index in [1.807, 2.05) is 40.9 Å². The number of aromatic nitrogens is 4. The van der Waals surface area contributed by atoms with Gasteiger partial charge in [-0.3, -0.25) is 14.2 Å². The zero-order valence-corrected chi connectivity index (χ0v) is 17.0. The van der Waals surface area contributed by atoms with Gasteiger partial charge in [-0.1, -0.05) is 23.7 Å². The molecule has 0 saturated heterocycles. The Morgan fingerprint density at radius 1 is 1.13 bits per heavy atom. The normalized spacial score (nSPS) is 13.8. The molecule has 1 fully saturated rings. The fourth-order valence-corrected chi connectivity index (χ4v) is 3.85.